The number of H-pyrrole nitrogens is 1. The lowest BCUT2D eigenvalue weighted by molar-refractivity contribution is 0.0940. The second-order valence-electron chi connectivity index (χ2n) is 4.93. The van der Waals surface area contributed by atoms with Crippen molar-refractivity contribution in [1.82, 2.24) is 15.5 Å². The summed E-state index contributed by atoms with van der Waals surface area (Å²) < 4.78 is 0. The van der Waals surface area contributed by atoms with Crippen molar-refractivity contribution < 1.29 is 4.79 Å². The summed E-state index contributed by atoms with van der Waals surface area (Å²) in [6.07, 6.45) is 1.69. The molecule has 0 fully saturated rings. The van der Waals surface area contributed by atoms with Crippen LogP contribution in [0, 0.1) is 0 Å². The van der Waals surface area contributed by atoms with Gasteiger partial charge in [0, 0.05) is 17.3 Å². The number of aromatic amines is 1. The van der Waals surface area contributed by atoms with E-state index in [-0.39, 0.29) is 11.4 Å². The van der Waals surface area contributed by atoms with E-state index in [2.05, 4.69) is 20.8 Å². The summed E-state index contributed by atoms with van der Waals surface area (Å²) in [5.41, 5.74) is 2.37. The summed E-state index contributed by atoms with van der Waals surface area (Å²) in [6, 6.07) is 7.58. The first-order chi connectivity index (χ1) is 8.56. The normalized spacial score (nSPS) is 16.2. The Morgan fingerprint density at radius 3 is 2.83 bits per heavy atom. The van der Waals surface area contributed by atoms with Crippen molar-refractivity contribution >= 4 is 17.4 Å². The van der Waals surface area contributed by atoms with E-state index in [4.69, 9.17) is 0 Å². The van der Waals surface area contributed by atoms with Crippen molar-refractivity contribution in [2.75, 3.05) is 5.32 Å². The van der Waals surface area contributed by atoms with Crippen molar-refractivity contribution in [3.63, 3.8) is 0 Å². The number of carbonyl (C=O) groups excluding carboxylic acids is 1. The molecule has 0 atom stereocenters. The van der Waals surface area contributed by atoms with Gasteiger partial charge in [-0.1, -0.05) is 0 Å². The maximum Gasteiger partial charge on any atom is 0.252 e. The van der Waals surface area contributed by atoms with Gasteiger partial charge in [0.25, 0.3) is 5.91 Å². The number of nitrogens with zero attached hydrogens (tertiary/aromatic N) is 1. The number of benzene rings is 1. The van der Waals surface area contributed by atoms with Crippen molar-refractivity contribution in [1.29, 1.82) is 0 Å². The summed E-state index contributed by atoms with van der Waals surface area (Å²) in [5, 5.41) is 12.9. The largest absolute Gasteiger partial charge is 0.343 e. The molecule has 5 heteroatoms. The monoisotopic (exact) mass is 242 g/mol. The molecule has 0 saturated carbocycles. The molecule has 5 nitrogen and oxygen atoms in total. The van der Waals surface area contributed by atoms with Crippen molar-refractivity contribution in [3.05, 3.63) is 41.6 Å². The standard InChI is InChI=1S/C13H14N4O/c1-13(2)10-7-8(15-11-5-6-14-17-11)3-4-9(10)12(18)16-13/h3-7H,1-2H3,(H,16,18)(H2,14,15,17). The summed E-state index contributed by atoms with van der Waals surface area (Å²) in [7, 11) is 0. The predicted octanol–water partition coefficient (Wildman–Crippen LogP) is 2.13. The van der Waals surface area contributed by atoms with Crippen LogP contribution >= 0.6 is 0 Å². The summed E-state index contributed by atoms with van der Waals surface area (Å²) >= 11 is 0. The molecule has 1 aromatic heterocycles. The first kappa shape index (κ1) is 10.8. The van der Waals surface area contributed by atoms with E-state index >= 15 is 0 Å². The number of amides is 1. The minimum absolute atomic E-state index is 0.0110. The molecule has 0 bridgehead atoms. The van der Waals surface area contributed by atoms with Gasteiger partial charge in [-0.3, -0.25) is 9.89 Å². The first-order valence-corrected chi connectivity index (χ1v) is 5.80. The maximum atomic E-state index is 11.8. The Hall–Kier alpha value is -2.30. The van der Waals surface area contributed by atoms with Gasteiger partial charge in [0.15, 0.2) is 0 Å². The molecule has 2 aromatic rings. The zero-order chi connectivity index (χ0) is 12.8. The average molecular weight is 242 g/mol. The molecule has 3 rings (SSSR count). The van der Waals surface area contributed by atoms with Crippen molar-refractivity contribution in [3.8, 4) is 0 Å². The van der Waals surface area contributed by atoms with Gasteiger partial charge in [0.05, 0.1) is 11.7 Å². The maximum absolute atomic E-state index is 11.8. The third-order valence-electron chi connectivity index (χ3n) is 3.14. The lowest BCUT2D eigenvalue weighted by Crippen LogP contribution is -2.32. The van der Waals surface area contributed by atoms with Crippen LogP contribution in [0.4, 0.5) is 11.5 Å². The Bertz CT molecular complexity index is 601. The molecule has 0 radical (unpaired) electrons. The second-order valence-corrected chi connectivity index (χ2v) is 4.93. The molecule has 3 N–H and O–H groups in total. The Kier molecular flexibility index (Phi) is 2.16. The van der Waals surface area contributed by atoms with Crippen LogP contribution in [0.3, 0.4) is 0 Å². The molecule has 0 spiro atoms. The van der Waals surface area contributed by atoms with Crippen LogP contribution in [0.1, 0.15) is 29.8 Å². The van der Waals surface area contributed by atoms with E-state index in [1.165, 1.54) is 0 Å². The molecule has 0 aliphatic carbocycles. The van der Waals surface area contributed by atoms with Crippen LogP contribution in [0.5, 0.6) is 0 Å². The van der Waals surface area contributed by atoms with E-state index in [1.807, 2.05) is 38.1 Å². The molecule has 0 saturated heterocycles. The predicted molar refractivity (Wildman–Crippen MR) is 68.8 cm³/mol. The summed E-state index contributed by atoms with van der Waals surface area (Å²) in [4.78, 5) is 11.8. The van der Waals surface area contributed by atoms with Crippen LogP contribution < -0.4 is 10.6 Å². The van der Waals surface area contributed by atoms with E-state index in [0.717, 1.165) is 22.6 Å². The molecule has 1 amide bonds. The van der Waals surface area contributed by atoms with Crippen molar-refractivity contribution in [2.24, 2.45) is 0 Å². The number of nitrogens with one attached hydrogen (secondary N) is 3. The molecule has 1 aliphatic heterocycles. The fourth-order valence-electron chi connectivity index (χ4n) is 2.24. The van der Waals surface area contributed by atoms with Gasteiger partial charge >= 0.3 is 0 Å². The Balaban J connectivity index is 1.99. The second kappa shape index (κ2) is 3.60. The van der Waals surface area contributed by atoms with Gasteiger partial charge in [-0.25, -0.2) is 0 Å². The molecule has 1 aromatic carbocycles. The van der Waals surface area contributed by atoms with Crippen LogP contribution in [0.15, 0.2) is 30.5 Å². The summed E-state index contributed by atoms with van der Waals surface area (Å²) in [6.45, 7) is 3.99. The molecule has 1 aliphatic rings. The zero-order valence-electron chi connectivity index (χ0n) is 10.2. The van der Waals surface area contributed by atoms with Gasteiger partial charge in [0.2, 0.25) is 0 Å². The fourth-order valence-corrected chi connectivity index (χ4v) is 2.24. The molecule has 2 heterocycles. The highest BCUT2D eigenvalue weighted by atomic mass is 16.2. The third-order valence-corrected chi connectivity index (χ3v) is 3.14. The molecule has 0 unspecified atom stereocenters. The van der Waals surface area contributed by atoms with E-state index in [0.29, 0.717) is 0 Å². The van der Waals surface area contributed by atoms with Crippen LogP contribution in [-0.4, -0.2) is 16.1 Å². The Morgan fingerprint density at radius 1 is 1.28 bits per heavy atom. The number of hydrogen-bond donors (Lipinski definition) is 3. The summed E-state index contributed by atoms with van der Waals surface area (Å²) in [5.74, 6) is 0.813. The average Bonchev–Trinajstić information content (AvgIpc) is 2.87. The van der Waals surface area contributed by atoms with Gasteiger partial charge in [-0.05, 0) is 37.6 Å². The Morgan fingerprint density at radius 2 is 2.11 bits per heavy atom. The minimum Gasteiger partial charge on any atom is -0.343 e. The third kappa shape index (κ3) is 1.64. The zero-order valence-corrected chi connectivity index (χ0v) is 10.2. The number of anilines is 2. The number of aromatic nitrogens is 2. The molecule has 18 heavy (non-hydrogen) atoms. The molecular weight excluding hydrogens is 228 g/mol. The van der Waals surface area contributed by atoms with Crippen molar-refractivity contribution in [2.45, 2.75) is 19.4 Å². The fraction of sp³-hybridized carbons (Fsp3) is 0.231. The number of rotatable bonds is 2. The minimum atomic E-state index is -0.321. The number of carbonyl (C=O) groups is 1. The first-order valence-electron chi connectivity index (χ1n) is 5.80. The van der Waals surface area contributed by atoms with Crippen LogP contribution in [0.25, 0.3) is 0 Å². The van der Waals surface area contributed by atoms with Gasteiger partial charge in [-0.2, -0.15) is 5.10 Å². The van der Waals surface area contributed by atoms with E-state index < -0.39 is 0 Å². The van der Waals surface area contributed by atoms with Crippen LogP contribution in [0.2, 0.25) is 0 Å². The highest BCUT2D eigenvalue weighted by Crippen LogP contribution is 2.32. The highest BCUT2D eigenvalue weighted by Gasteiger charge is 2.34. The number of hydrogen-bond acceptors (Lipinski definition) is 3. The topological polar surface area (TPSA) is 69.8 Å². The van der Waals surface area contributed by atoms with Gasteiger partial charge in [-0.15, -0.1) is 0 Å². The lowest BCUT2D eigenvalue weighted by Gasteiger charge is -2.19. The lowest BCUT2D eigenvalue weighted by atomic mass is 9.94. The Labute approximate surface area is 105 Å². The SMILES string of the molecule is CC1(C)NC(=O)c2ccc(Nc3ccn[nH]3)cc21. The smallest absolute Gasteiger partial charge is 0.252 e. The van der Waals surface area contributed by atoms with Gasteiger partial charge < -0.3 is 10.6 Å². The van der Waals surface area contributed by atoms with Crippen LogP contribution in [-0.2, 0) is 5.54 Å². The molecule has 92 valence electrons. The quantitative estimate of drug-likeness (QED) is 0.755. The van der Waals surface area contributed by atoms with Gasteiger partial charge in [0.1, 0.15) is 5.82 Å². The number of fused-ring (bicyclic) bond motifs is 1. The van der Waals surface area contributed by atoms with E-state index in [9.17, 15) is 4.79 Å². The highest BCUT2D eigenvalue weighted by molar-refractivity contribution is 6.00. The van der Waals surface area contributed by atoms with E-state index in [1.54, 1.807) is 6.20 Å². The molecular formula is C13H14N4O.